The highest BCUT2D eigenvalue weighted by molar-refractivity contribution is 6.15. The van der Waals surface area contributed by atoms with Crippen molar-refractivity contribution in [1.82, 2.24) is 4.98 Å². The van der Waals surface area contributed by atoms with Crippen molar-refractivity contribution in [1.29, 1.82) is 0 Å². The molecular formula is C15H10N2O. The molecule has 0 bridgehead atoms. The molecule has 18 heavy (non-hydrogen) atoms. The molecule has 0 aliphatic heterocycles. The van der Waals surface area contributed by atoms with Crippen molar-refractivity contribution < 1.29 is 4.42 Å². The van der Waals surface area contributed by atoms with Gasteiger partial charge in [-0.15, -0.1) is 0 Å². The minimum atomic E-state index is 0.546. The van der Waals surface area contributed by atoms with Crippen molar-refractivity contribution in [2.75, 3.05) is 5.73 Å². The number of nitrogen functional groups attached to an aromatic ring is 1. The van der Waals surface area contributed by atoms with Gasteiger partial charge in [0, 0.05) is 16.2 Å². The van der Waals surface area contributed by atoms with Crippen LogP contribution in [0.4, 0.5) is 5.82 Å². The maximum Gasteiger partial charge on any atom is 0.161 e. The Morgan fingerprint density at radius 1 is 0.833 bits per heavy atom. The molecule has 3 heteroatoms. The molecule has 0 unspecified atom stereocenters. The number of rotatable bonds is 0. The van der Waals surface area contributed by atoms with Crippen molar-refractivity contribution in [3.8, 4) is 0 Å². The molecule has 3 nitrogen and oxygen atoms in total. The van der Waals surface area contributed by atoms with E-state index in [1.165, 1.54) is 0 Å². The van der Waals surface area contributed by atoms with E-state index in [4.69, 9.17) is 10.2 Å². The minimum Gasteiger partial charge on any atom is -0.454 e. The standard InChI is InChI=1S/C15H10N2O/c16-15-10-6-2-1-5-9(10)14-13(17-15)11-7-3-4-8-12(11)18-14/h1-8H,(H2,16,17). The van der Waals surface area contributed by atoms with Gasteiger partial charge in [-0.3, -0.25) is 0 Å². The van der Waals surface area contributed by atoms with E-state index in [1.54, 1.807) is 0 Å². The average Bonchev–Trinajstić information content (AvgIpc) is 2.78. The summed E-state index contributed by atoms with van der Waals surface area (Å²) in [7, 11) is 0. The average molecular weight is 234 g/mol. The van der Waals surface area contributed by atoms with Crippen LogP contribution in [0.5, 0.6) is 0 Å². The van der Waals surface area contributed by atoms with Crippen LogP contribution in [-0.2, 0) is 0 Å². The Morgan fingerprint density at radius 2 is 1.50 bits per heavy atom. The van der Waals surface area contributed by atoms with Crippen molar-refractivity contribution in [3.63, 3.8) is 0 Å². The first-order valence-corrected chi connectivity index (χ1v) is 5.80. The molecule has 0 spiro atoms. The zero-order chi connectivity index (χ0) is 12.1. The smallest absolute Gasteiger partial charge is 0.161 e. The highest BCUT2D eigenvalue weighted by atomic mass is 16.3. The zero-order valence-corrected chi connectivity index (χ0v) is 9.55. The van der Waals surface area contributed by atoms with E-state index < -0.39 is 0 Å². The molecular weight excluding hydrogens is 224 g/mol. The Hall–Kier alpha value is -2.55. The first-order chi connectivity index (χ1) is 8.84. The number of hydrogen-bond donors (Lipinski definition) is 1. The van der Waals surface area contributed by atoms with Crippen LogP contribution in [0.1, 0.15) is 0 Å². The minimum absolute atomic E-state index is 0.546. The Labute approximate surface area is 103 Å². The molecule has 2 aromatic carbocycles. The van der Waals surface area contributed by atoms with Gasteiger partial charge in [-0.05, 0) is 12.1 Å². The number of furan rings is 1. The highest BCUT2D eigenvalue weighted by Gasteiger charge is 2.12. The van der Waals surface area contributed by atoms with E-state index in [2.05, 4.69) is 4.98 Å². The molecule has 86 valence electrons. The summed E-state index contributed by atoms with van der Waals surface area (Å²) < 4.78 is 5.90. The van der Waals surface area contributed by atoms with Crippen molar-refractivity contribution in [2.24, 2.45) is 0 Å². The van der Waals surface area contributed by atoms with Crippen LogP contribution in [0.2, 0.25) is 0 Å². The van der Waals surface area contributed by atoms with Crippen LogP contribution in [0.25, 0.3) is 32.8 Å². The number of fused-ring (bicyclic) bond motifs is 5. The Bertz CT molecular complexity index is 893. The van der Waals surface area contributed by atoms with E-state index >= 15 is 0 Å². The lowest BCUT2D eigenvalue weighted by Gasteiger charge is -2.01. The number of benzene rings is 2. The number of nitrogens with two attached hydrogens (primary N) is 1. The van der Waals surface area contributed by atoms with Gasteiger partial charge in [0.1, 0.15) is 16.9 Å². The van der Waals surface area contributed by atoms with Gasteiger partial charge in [0.2, 0.25) is 0 Å². The second kappa shape index (κ2) is 3.23. The van der Waals surface area contributed by atoms with Gasteiger partial charge in [0.15, 0.2) is 5.58 Å². The molecule has 0 aliphatic rings. The second-order valence-electron chi connectivity index (χ2n) is 4.32. The molecule has 0 fully saturated rings. The van der Waals surface area contributed by atoms with Crippen LogP contribution >= 0.6 is 0 Å². The molecule has 0 saturated carbocycles. The zero-order valence-electron chi connectivity index (χ0n) is 9.55. The summed E-state index contributed by atoms with van der Waals surface area (Å²) in [6, 6.07) is 15.8. The summed E-state index contributed by atoms with van der Waals surface area (Å²) in [5.41, 5.74) is 8.50. The molecule has 2 N–H and O–H groups in total. The monoisotopic (exact) mass is 234 g/mol. The number of aromatic nitrogens is 1. The van der Waals surface area contributed by atoms with E-state index in [0.717, 1.165) is 32.8 Å². The summed E-state index contributed by atoms with van der Waals surface area (Å²) in [6.45, 7) is 0. The molecule has 0 amide bonds. The Balaban J connectivity index is 2.36. The van der Waals surface area contributed by atoms with Gasteiger partial charge in [-0.25, -0.2) is 4.98 Å². The molecule has 0 atom stereocenters. The van der Waals surface area contributed by atoms with Crippen LogP contribution in [0.15, 0.2) is 52.9 Å². The number of para-hydroxylation sites is 1. The molecule has 0 aliphatic carbocycles. The van der Waals surface area contributed by atoms with Crippen molar-refractivity contribution in [3.05, 3.63) is 48.5 Å². The largest absolute Gasteiger partial charge is 0.454 e. The highest BCUT2D eigenvalue weighted by Crippen LogP contribution is 2.34. The lowest BCUT2D eigenvalue weighted by molar-refractivity contribution is 0.672. The van der Waals surface area contributed by atoms with Crippen molar-refractivity contribution in [2.45, 2.75) is 0 Å². The maximum atomic E-state index is 6.02. The number of nitrogens with zero attached hydrogens (tertiary/aromatic N) is 1. The number of hydrogen-bond acceptors (Lipinski definition) is 3. The van der Waals surface area contributed by atoms with Gasteiger partial charge in [-0.1, -0.05) is 36.4 Å². The Kier molecular flexibility index (Phi) is 1.70. The van der Waals surface area contributed by atoms with Gasteiger partial charge < -0.3 is 10.2 Å². The lowest BCUT2D eigenvalue weighted by Crippen LogP contribution is -1.91. The third-order valence-corrected chi connectivity index (χ3v) is 3.25. The Morgan fingerprint density at radius 3 is 2.33 bits per heavy atom. The first kappa shape index (κ1) is 9.48. The molecule has 4 aromatic rings. The lowest BCUT2D eigenvalue weighted by atomic mass is 10.1. The molecule has 2 heterocycles. The SMILES string of the molecule is Nc1nc2c3ccccc3oc2c2ccccc12. The van der Waals surface area contributed by atoms with Gasteiger partial charge in [0.25, 0.3) is 0 Å². The fourth-order valence-corrected chi connectivity index (χ4v) is 2.41. The maximum absolute atomic E-state index is 6.02. The van der Waals surface area contributed by atoms with Crippen LogP contribution in [0, 0.1) is 0 Å². The fraction of sp³-hybridized carbons (Fsp3) is 0. The quantitative estimate of drug-likeness (QED) is 0.504. The normalized spacial score (nSPS) is 11.6. The van der Waals surface area contributed by atoms with Crippen LogP contribution in [-0.4, -0.2) is 4.98 Å². The van der Waals surface area contributed by atoms with Gasteiger partial charge in [-0.2, -0.15) is 0 Å². The summed E-state index contributed by atoms with van der Waals surface area (Å²) in [5, 5.41) is 2.95. The predicted octanol–water partition coefficient (Wildman–Crippen LogP) is 3.72. The van der Waals surface area contributed by atoms with E-state index in [9.17, 15) is 0 Å². The molecule has 4 rings (SSSR count). The van der Waals surface area contributed by atoms with E-state index in [-0.39, 0.29) is 0 Å². The van der Waals surface area contributed by atoms with Gasteiger partial charge in [0.05, 0.1) is 0 Å². The third-order valence-electron chi connectivity index (χ3n) is 3.25. The van der Waals surface area contributed by atoms with E-state index in [1.807, 2.05) is 48.5 Å². The van der Waals surface area contributed by atoms with Gasteiger partial charge >= 0.3 is 0 Å². The van der Waals surface area contributed by atoms with Crippen LogP contribution in [0.3, 0.4) is 0 Å². The first-order valence-electron chi connectivity index (χ1n) is 5.80. The predicted molar refractivity (Wildman–Crippen MR) is 73.4 cm³/mol. The second-order valence-corrected chi connectivity index (χ2v) is 4.32. The molecule has 0 saturated heterocycles. The van der Waals surface area contributed by atoms with E-state index in [0.29, 0.717) is 5.82 Å². The fourth-order valence-electron chi connectivity index (χ4n) is 2.41. The van der Waals surface area contributed by atoms with Crippen molar-refractivity contribution >= 4 is 38.7 Å². The van der Waals surface area contributed by atoms with Crippen LogP contribution < -0.4 is 5.73 Å². The third kappa shape index (κ3) is 1.10. The summed E-state index contributed by atoms with van der Waals surface area (Å²) in [5.74, 6) is 0.546. The summed E-state index contributed by atoms with van der Waals surface area (Å²) >= 11 is 0. The molecule has 2 aromatic heterocycles. The molecule has 0 radical (unpaired) electrons. The summed E-state index contributed by atoms with van der Waals surface area (Å²) in [6.07, 6.45) is 0. The topological polar surface area (TPSA) is 52.0 Å². The number of anilines is 1. The number of pyridine rings is 1. The summed E-state index contributed by atoms with van der Waals surface area (Å²) in [4.78, 5) is 4.48.